The van der Waals surface area contributed by atoms with E-state index in [4.69, 9.17) is 11.6 Å². The molecule has 0 aliphatic heterocycles. The van der Waals surface area contributed by atoms with E-state index >= 15 is 0 Å². The van der Waals surface area contributed by atoms with Crippen LogP contribution in [0.3, 0.4) is 0 Å². The number of hydrogen-bond donors (Lipinski definition) is 1. The molecular weight excluding hydrogens is 392 g/mol. The lowest BCUT2D eigenvalue weighted by Gasteiger charge is -2.11. The molecule has 0 saturated heterocycles. The van der Waals surface area contributed by atoms with Gasteiger partial charge in [0.2, 0.25) is 11.1 Å². The van der Waals surface area contributed by atoms with Crippen LogP contribution in [0.4, 0.5) is 11.4 Å². The molecule has 1 aromatic carbocycles. The summed E-state index contributed by atoms with van der Waals surface area (Å²) in [4.78, 5) is 31.3. The number of non-ortho nitro benzene ring substituents is 1. The Kier molecular flexibility index (Phi) is 5.29. The van der Waals surface area contributed by atoms with Crippen molar-refractivity contribution in [2.75, 3.05) is 5.32 Å². The molecule has 27 heavy (non-hydrogen) atoms. The second-order valence-electron chi connectivity index (χ2n) is 5.82. The molecule has 0 fully saturated rings. The lowest BCUT2D eigenvalue weighted by atomic mass is 10.2. The Balaban J connectivity index is 1.73. The fourth-order valence-electron chi connectivity index (χ4n) is 2.36. The van der Waals surface area contributed by atoms with Crippen LogP contribution in [0.1, 0.15) is 18.3 Å². The molecule has 0 aliphatic carbocycles. The van der Waals surface area contributed by atoms with Crippen molar-refractivity contribution in [3.05, 3.63) is 50.8 Å². The lowest BCUT2D eigenvalue weighted by molar-refractivity contribution is -0.384. The van der Waals surface area contributed by atoms with E-state index in [-0.39, 0.29) is 16.6 Å². The summed E-state index contributed by atoms with van der Waals surface area (Å²) < 4.78 is 1.62. The summed E-state index contributed by atoms with van der Waals surface area (Å²) in [5, 5.41) is 17.8. The average molecular weight is 407 g/mol. The van der Waals surface area contributed by atoms with E-state index in [9.17, 15) is 14.9 Å². The van der Waals surface area contributed by atoms with Crippen molar-refractivity contribution < 1.29 is 9.72 Å². The number of carbonyl (C=O) groups excluding carboxylic acids is 1. The average Bonchev–Trinajstić information content (AvgIpc) is 2.98. The van der Waals surface area contributed by atoms with Crippen molar-refractivity contribution in [3.63, 3.8) is 0 Å². The van der Waals surface area contributed by atoms with Crippen LogP contribution in [0.15, 0.2) is 29.4 Å². The molecular formula is C16H15ClN6O3S. The van der Waals surface area contributed by atoms with Gasteiger partial charge in [-0.25, -0.2) is 9.50 Å². The van der Waals surface area contributed by atoms with Crippen molar-refractivity contribution in [3.8, 4) is 0 Å². The van der Waals surface area contributed by atoms with E-state index in [0.717, 1.165) is 11.4 Å². The number of nitro groups is 1. The van der Waals surface area contributed by atoms with Crippen LogP contribution in [0.5, 0.6) is 0 Å². The largest absolute Gasteiger partial charge is 0.324 e. The zero-order valence-corrected chi connectivity index (χ0v) is 16.2. The molecule has 0 aliphatic rings. The minimum Gasteiger partial charge on any atom is -0.324 e. The number of fused-ring (bicyclic) bond motifs is 1. The van der Waals surface area contributed by atoms with Gasteiger partial charge in [-0.3, -0.25) is 14.9 Å². The molecule has 3 rings (SSSR count). The molecule has 3 aromatic rings. The van der Waals surface area contributed by atoms with Crippen molar-refractivity contribution in [2.24, 2.45) is 0 Å². The van der Waals surface area contributed by atoms with Gasteiger partial charge in [0.1, 0.15) is 0 Å². The molecule has 9 nitrogen and oxygen atoms in total. The predicted molar refractivity (Wildman–Crippen MR) is 102 cm³/mol. The molecule has 0 radical (unpaired) electrons. The monoisotopic (exact) mass is 406 g/mol. The maximum atomic E-state index is 12.4. The smallest absolute Gasteiger partial charge is 0.271 e. The fraction of sp³-hybridized carbons (Fsp3) is 0.250. The predicted octanol–water partition coefficient (Wildman–Crippen LogP) is 3.42. The zero-order valence-electron chi connectivity index (χ0n) is 14.6. The van der Waals surface area contributed by atoms with E-state index in [2.05, 4.69) is 20.4 Å². The van der Waals surface area contributed by atoms with Gasteiger partial charge < -0.3 is 5.32 Å². The molecule has 1 atom stereocenters. The van der Waals surface area contributed by atoms with Crippen molar-refractivity contribution in [1.29, 1.82) is 0 Å². The summed E-state index contributed by atoms with van der Waals surface area (Å²) in [6.45, 7) is 5.48. The second kappa shape index (κ2) is 7.49. The minimum absolute atomic E-state index is 0.0934. The fourth-order valence-corrected chi connectivity index (χ4v) is 3.33. The van der Waals surface area contributed by atoms with Gasteiger partial charge in [-0.1, -0.05) is 23.4 Å². The molecule has 140 valence electrons. The Morgan fingerprint density at radius 2 is 2.07 bits per heavy atom. The van der Waals surface area contributed by atoms with Gasteiger partial charge in [0, 0.05) is 23.5 Å². The quantitative estimate of drug-likeness (QED) is 0.392. The standard InChI is InChI=1S/C16H15ClN6O3S/c1-8-6-9(2)22-15(18-8)20-16(21-22)27-10(3)14(24)19-13-5-4-11(23(25)26)7-12(13)17/h4-7,10H,1-3H3,(H,19,24)/t10-/m0/s1. The summed E-state index contributed by atoms with van der Waals surface area (Å²) in [6, 6.07) is 5.76. The van der Waals surface area contributed by atoms with Crippen LogP contribution in [0, 0.1) is 24.0 Å². The number of amides is 1. The van der Waals surface area contributed by atoms with Gasteiger partial charge in [0.25, 0.3) is 11.5 Å². The van der Waals surface area contributed by atoms with Gasteiger partial charge in [-0.05, 0) is 32.9 Å². The molecule has 0 spiro atoms. The van der Waals surface area contributed by atoms with Crippen LogP contribution < -0.4 is 5.32 Å². The molecule has 2 heterocycles. The summed E-state index contributed by atoms with van der Waals surface area (Å²) in [7, 11) is 0. The molecule has 0 saturated carbocycles. The number of carbonyl (C=O) groups is 1. The minimum atomic E-state index is -0.553. The number of nitro benzene ring substituents is 1. The lowest BCUT2D eigenvalue weighted by Crippen LogP contribution is -2.22. The van der Waals surface area contributed by atoms with E-state index in [0.29, 0.717) is 16.6 Å². The molecule has 11 heteroatoms. The molecule has 2 aromatic heterocycles. The number of hydrogen-bond acceptors (Lipinski definition) is 7. The first-order valence-electron chi connectivity index (χ1n) is 7.87. The Morgan fingerprint density at radius 1 is 1.33 bits per heavy atom. The summed E-state index contributed by atoms with van der Waals surface area (Å²) in [6.07, 6.45) is 0. The van der Waals surface area contributed by atoms with Crippen molar-refractivity contribution in [1.82, 2.24) is 19.6 Å². The third-order valence-electron chi connectivity index (χ3n) is 3.67. The van der Waals surface area contributed by atoms with Crippen molar-refractivity contribution in [2.45, 2.75) is 31.2 Å². The number of aryl methyl sites for hydroxylation is 2. The maximum absolute atomic E-state index is 12.4. The van der Waals surface area contributed by atoms with Gasteiger partial charge in [-0.2, -0.15) is 4.98 Å². The highest BCUT2D eigenvalue weighted by Gasteiger charge is 2.20. The Bertz CT molecular complexity index is 1050. The highest BCUT2D eigenvalue weighted by molar-refractivity contribution is 8.00. The summed E-state index contributed by atoms with van der Waals surface area (Å²) in [5.41, 5.74) is 1.89. The van der Waals surface area contributed by atoms with Crippen LogP contribution >= 0.6 is 23.4 Å². The van der Waals surface area contributed by atoms with Crippen LogP contribution in [0.25, 0.3) is 5.78 Å². The SMILES string of the molecule is Cc1cc(C)n2nc(S[C@@H](C)C(=O)Nc3ccc([N+](=O)[O-])cc3Cl)nc2n1. The number of anilines is 1. The number of aromatic nitrogens is 4. The third kappa shape index (κ3) is 4.17. The topological polar surface area (TPSA) is 115 Å². The first-order valence-corrected chi connectivity index (χ1v) is 9.13. The summed E-state index contributed by atoms with van der Waals surface area (Å²) >= 11 is 7.18. The normalized spacial score (nSPS) is 12.1. The number of halogens is 1. The van der Waals surface area contributed by atoms with Crippen molar-refractivity contribution >= 4 is 46.4 Å². The number of nitrogens with one attached hydrogen (secondary N) is 1. The number of nitrogens with zero attached hydrogens (tertiary/aromatic N) is 5. The first-order chi connectivity index (χ1) is 12.7. The highest BCUT2D eigenvalue weighted by Crippen LogP contribution is 2.28. The van der Waals surface area contributed by atoms with Gasteiger partial charge in [0.05, 0.1) is 20.9 Å². The first kappa shape index (κ1) is 19.1. The van der Waals surface area contributed by atoms with Crippen LogP contribution in [0.2, 0.25) is 5.02 Å². The zero-order chi connectivity index (χ0) is 19.7. The van der Waals surface area contributed by atoms with Crippen LogP contribution in [-0.2, 0) is 4.79 Å². The molecule has 0 unspecified atom stereocenters. The van der Waals surface area contributed by atoms with E-state index in [1.807, 2.05) is 19.9 Å². The van der Waals surface area contributed by atoms with E-state index in [1.165, 1.54) is 30.0 Å². The number of rotatable bonds is 5. The molecule has 1 N–H and O–H groups in total. The third-order valence-corrected chi connectivity index (χ3v) is 4.94. The van der Waals surface area contributed by atoms with Crippen LogP contribution in [-0.4, -0.2) is 35.7 Å². The highest BCUT2D eigenvalue weighted by atomic mass is 35.5. The Hall–Kier alpha value is -2.72. The number of benzene rings is 1. The summed E-state index contributed by atoms with van der Waals surface area (Å²) in [5.74, 6) is 0.150. The van der Waals surface area contributed by atoms with E-state index < -0.39 is 10.2 Å². The second-order valence-corrected chi connectivity index (χ2v) is 7.53. The number of thioether (sulfide) groups is 1. The Labute approximate surface area is 163 Å². The van der Waals surface area contributed by atoms with Gasteiger partial charge >= 0.3 is 0 Å². The van der Waals surface area contributed by atoms with Gasteiger partial charge in [-0.15, -0.1) is 5.10 Å². The Morgan fingerprint density at radius 3 is 2.74 bits per heavy atom. The maximum Gasteiger partial charge on any atom is 0.271 e. The van der Waals surface area contributed by atoms with E-state index in [1.54, 1.807) is 11.4 Å². The van der Waals surface area contributed by atoms with Gasteiger partial charge in [0.15, 0.2) is 0 Å². The molecule has 0 bridgehead atoms. The molecule has 1 amide bonds.